The Bertz CT molecular complexity index is 459. The normalized spacial score (nSPS) is 21.0. The highest BCUT2D eigenvalue weighted by molar-refractivity contribution is 5.83. The molecule has 1 aliphatic rings. The van der Waals surface area contributed by atoms with Crippen LogP contribution in [0.5, 0.6) is 0 Å². The Labute approximate surface area is 127 Å². The van der Waals surface area contributed by atoms with Crippen molar-refractivity contribution < 1.29 is 9.90 Å². The molecule has 0 aliphatic carbocycles. The topological polar surface area (TPSA) is 52.6 Å². The minimum Gasteiger partial charge on any atom is -0.395 e. The molecule has 1 aliphatic heterocycles. The molecular weight excluding hydrogens is 264 g/mol. The van der Waals surface area contributed by atoms with Gasteiger partial charge in [0.1, 0.15) is 0 Å². The van der Waals surface area contributed by atoms with Crippen LogP contribution in [0, 0.1) is 5.41 Å². The van der Waals surface area contributed by atoms with Gasteiger partial charge in [-0.1, -0.05) is 44.2 Å². The van der Waals surface area contributed by atoms with Crippen molar-refractivity contribution in [3.05, 3.63) is 35.9 Å². The number of hydrogen-bond acceptors (Lipinski definition) is 3. The first-order chi connectivity index (χ1) is 10.0. The van der Waals surface area contributed by atoms with Crippen LogP contribution >= 0.6 is 0 Å². The molecule has 21 heavy (non-hydrogen) atoms. The number of aliphatic hydroxyl groups excluding tert-OH is 1. The van der Waals surface area contributed by atoms with Crippen LogP contribution in [-0.4, -0.2) is 41.7 Å². The second-order valence-electron chi connectivity index (χ2n) is 6.45. The highest BCUT2D eigenvalue weighted by Gasteiger charge is 2.39. The van der Waals surface area contributed by atoms with Gasteiger partial charge in [-0.15, -0.1) is 0 Å². The highest BCUT2D eigenvalue weighted by Crippen LogP contribution is 2.31. The third-order valence-electron chi connectivity index (χ3n) is 4.27. The van der Waals surface area contributed by atoms with Crippen molar-refractivity contribution in [2.75, 3.05) is 19.7 Å². The Balaban J connectivity index is 2.11. The zero-order valence-electron chi connectivity index (χ0n) is 13.0. The second kappa shape index (κ2) is 7.05. The van der Waals surface area contributed by atoms with E-state index in [1.165, 1.54) is 0 Å². The van der Waals surface area contributed by atoms with E-state index in [9.17, 15) is 9.90 Å². The van der Waals surface area contributed by atoms with Gasteiger partial charge in [0.25, 0.3) is 0 Å². The molecule has 2 rings (SSSR count). The Morgan fingerprint density at radius 2 is 2.10 bits per heavy atom. The van der Waals surface area contributed by atoms with Crippen molar-refractivity contribution in [1.82, 2.24) is 10.2 Å². The second-order valence-corrected chi connectivity index (χ2v) is 6.45. The number of aliphatic hydroxyl groups is 1. The van der Waals surface area contributed by atoms with E-state index in [0.29, 0.717) is 13.1 Å². The van der Waals surface area contributed by atoms with E-state index in [1.807, 2.05) is 30.3 Å². The van der Waals surface area contributed by atoms with Crippen LogP contribution in [-0.2, 0) is 11.3 Å². The van der Waals surface area contributed by atoms with Gasteiger partial charge in [0.15, 0.2) is 0 Å². The number of hydrogen-bond donors (Lipinski definition) is 2. The maximum absolute atomic E-state index is 12.9. The third-order valence-corrected chi connectivity index (χ3v) is 4.27. The van der Waals surface area contributed by atoms with E-state index in [4.69, 9.17) is 0 Å². The van der Waals surface area contributed by atoms with Crippen LogP contribution in [0.4, 0.5) is 0 Å². The molecule has 1 aromatic carbocycles. The third kappa shape index (κ3) is 4.05. The van der Waals surface area contributed by atoms with Gasteiger partial charge in [-0.2, -0.15) is 0 Å². The number of carbonyl (C=O) groups is 1. The van der Waals surface area contributed by atoms with Crippen molar-refractivity contribution in [1.29, 1.82) is 0 Å². The molecule has 4 heteroatoms. The zero-order chi connectivity index (χ0) is 15.3. The Kier molecular flexibility index (Phi) is 5.37. The lowest BCUT2D eigenvalue weighted by atomic mass is 9.77. The van der Waals surface area contributed by atoms with Crippen LogP contribution in [0.15, 0.2) is 30.3 Å². The SMILES string of the molecule is CC1(C)CCCNC1C(=O)N(CCO)Cc1ccccc1. The van der Waals surface area contributed by atoms with Gasteiger partial charge < -0.3 is 15.3 Å². The molecule has 1 fully saturated rings. The average Bonchev–Trinajstić information content (AvgIpc) is 2.47. The molecule has 4 nitrogen and oxygen atoms in total. The number of benzene rings is 1. The van der Waals surface area contributed by atoms with Crippen LogP contribution < -0.4 is 5.32 Å². The van der Waals surface area contributed by atoms with E-state index in [0.717, 1.165) is 24.9 Å². The summed E-state index contributed by atoms with van der Waals surface area (Å²) in [5.74, 6) is 0.0950. The summed E-state index contributed by atoms with van der Waals surface area (Å²) in [7, 11) is 0. The summed E-state index contributed by atoms with van der Waals surface area (Å²) >= 11 is 0. The molecule has 0 radical (unpaired) electrons. The monoisotopic (exact) mass is 290 g/mol. The van der Waals surface area contributed by atoms with E-state index >= 15 is 0 Å². The van der Waals surface area contributed by atoms with Crippen LogP contribution in [0.3, 0.4) is 0 Å². The number of nitrogens with zero attached hydrogens (tertiary/aromatic N) is 1. The van der Waals surface area contributed by atoms with Gasteiger partial charge in [-0.05, 0) is 30.4 Å². The fourth-order valence-electron chi connectivity index (χ4n) is 3.01. The first kappa shape index (κ1) is 16.0. The van der Waals surface area contributed by atoms with E-state index in [-0.39, 0.29) is 24.0 Å². The Morgan fingerprint density at radius 3 is 2.71 bits per heavy atom. The highest BCUT2D eigenvalue weighted by atomic mass is 16.3. The van der Waals surface area contributed by atoms with Crippen LogP contribution in [0.1, 0.15) is 32.3 Å². The maximum atomic E-state index is 12.9. The predicted octanol–water partition coefficient (Wildman–Crippen LogP) is 1.79. The molecule has 0 saturated carbocycles. The molecular formula is C17H26N2O2. The number of nitrogens with one attached hydrogen (secondary N) is 1. The van der Waals surface area contributed by atoms with Crippen molar-refractivity contribution in [3.8, 4) is 0 Å². The lowest BCUT2D eigenvalue weighted by Gasteiger charge is -2.40. The fourth-order valence-corrected chi connectivity index (χ4v) is 3.01. The van der Waals surface area contributed by atoms with Gasteiger partial charge >= 0.3 is 0 Å². The van der Waals surface area contributed by atoms with Gasteiger partial charge in [0.2, 0.25) is 5.91 Å². The number of amides is 1. The molecule has 1 heterocycles. The number of piperidine rings is 1. The lowest BCUT2D eigenvalue weighted by Crippen LogP contribution is -2.56. The van der Waals surface area contributed by atoms with Gasteiger partial charge in [0, 0.05) is 13.1 Å². The summed E-state index contributed by atoms with van der Waals surface area (Å²) in [6, 6.07) is 9.77. The molecule has 1 saturated heterocycles. The summed E-state index contributed by atoms with van der Waals surface area (Å²) < 4.78 is 0. The van der Waals surface area contributed by atoms with Crippen LogP contribution in [0.2, 0.25) is 0 Å². The number of rotatable bonds is 5. The van der Waals surface area contributed by atoms with Crippen LogP contribution in [0.25, 0.3) is 0 Å². The van der Waals surface area contributed by atoms with E-state index in [2.05, 4.69) is 19.2 Å². The molecule has 0 bridgehead atoms. The molecule has 1 aromatic rings. The largest absolute Gasteiger partial charge is 0.395 e. The standard InChI is InChI=1S/C17H26N2O2/c1-17(2)9-6-10-18-15(17)16(21)19(11-12-20)13-14-7-4-3-5-8-14/h3-5,7-8,15,18,20H,6,9-13H2,1-2H3. The van der Waals surface area contributed by atoms with Gasteiger partial charge in [-0.3, -0.25) is 4.79 Å². The Hall–Kier alpha value is -1.39. The van der Waals surface area contributed by atoms with Crippen molar-refractivity contribution in [2.24, 2.45) is 5.41 Å². The van der Waals surface area contributed by atoms with E-state index in [1.54, 1.807) is 4.90 Å². The first-order valence-electron chi connectivity index (χ1n) is 7.71. The quantitative estimate of drug-likeness (QED) is 0.869. The first-order valence-corrected chi connectivity index (χ1v) is 7.71. The molecule has 1 atom stereocenters. The van der Waals surface area contributed by atoms with Crippen molar-refractivity contribution in [3.63, 3.8) is 0 Å². The van der Waals surface area contributed by atoms with Crippen molar-refractivity contribution in [2.45, 2.75) is 39.3 Å². The minimum atomic E-state index is -0.165. The lowest BCUT2D eigenvalue weighted by molar-refractivity contribution is -0.138. The minimum absolute atomic E-state index is 0.00821. The molecule has 1 unspecified atom stereocenters. The Morgan fingerprint density at radius 1 is 1.38 bits per heavy atom. The van der Waals surface area contributed by atoms with Gasteiger partial charge in [0.05, 0.1) is 12.6 Å². The average molecular weight is 290 g/mol. The molecule has 0 spiro atoms. The smallest absolute Gasteiger partial charge is 0.240 e. The maximum Gasteiger partial charge on any atom is 0.240 e. The fraction of sp³-hybridized carbons (Fsp3) is 0.588. The summed E-state index contributed by atoms with van der Waals surface area (Å²) in [5.41, 5.74) is 1.05. The summed E-state index contributed by atoms with van der Waals surface area (Å²) in [5, 5.41) is 12.6. The van der Waals surface area contributed by atoms with E-state index < -0.39 is 0 Å². The summed E-state index contributed by atoms with van der Waals surface area (Å²) in [4.78, 5) is 14.6. The molecule has 1 amide bonds. The summed E-state index contributed by atoms with van der Waals surface area (Å²) in [6.07, 6.45) is 2.16. The summed E-state index contributed by atoms with van der Waals surface area (Å²) in [6.45, 7) is 6.09. The number of carbonyl (C=O) groups excluding carboxylic acids is 1. The van der Waals surface area contributed by atoms with Crippen molar-refractivity contribution >= 4 is 5.91 Å². The molecule has 2 N–H and O–H groups in total. The predicted molar refractivity (Wildman–Crippen MR) is 83.8 cm³/mol. The van der Waals surface area contributed by atoms with Gasteiger partial charge in [-0.25, -0.2) is 0 Å². The molecule has 116 valence electrons. The molecule has 0 aromatic heterocycles. The zero-order valence-corrected chi connectivity index (χ0v) is 13.0.